The van der Waals surface area contributed by atoms with E-state index >= 15 is 0 Å². The van der Waals surface area contributed by atoms with Gasteiger partial charge in [-0.2, -0.15) is 0 Å². The van der Waals surface area contributed by atoms with Gasteiger partial charge in [0.25, 0.3) is 0 Å². The summed E-state index contributed by atoms with van der Waals surface area (Å²) in [6, 6.07) is 0. The minimum Gasteiger partial charge on any atom is -0.0658 e. The molecule has 1 saturated carbocycles. The van der Waals surface area contributed by atoms with Crippen molar-refractivity contribution >= 4 is 0 Å². The molecule has 0 radical (unpaired) electrons. The molecule has 2 atom stereocenters. The van der Waals surface area contributed by atoms with Crippen LogP contribution in [0.2, 0.25) is 0 Å². The van der Waals surface area contributed by atoms with Gasteiger partial charge in [-0.3, -0.25) is 0 Å². The normalized spacial score (nSPS) is 43.4. The van der Waals surface area contributed by atoms with E-state index in [9.17, 15) is 0 Å². The third-order valence-corrected chi connectivity index (χ3v) is 3.12. The number of allylic oxidation sites excluding steroid dienone is 4. The Morgan fingerprint density at radius 2 is 2.44 bits per heavy atom. The van der Waals surface area contributed by atoms with E-state index in [4.69, 9.17) is 0 Å². The molecule has 1 fully saturated rings. The van der Waals surface area contributed by atoms with Crippen LogP contribution >= 0.6 is 0 Å². The molecule has 0 spiro atoms. The van der Waals surface area contributed by atoms with E-state index in [1.165, 1.54) is 12.8 Å². The monoisotopic (exact) mass is 118 g/mol. The van der Waals surface area contributed by atoms with E-state index in [1.807, 2.05) is 5.57 Å². The summed E-state index contributed by atoms with van der Waals surface area (Å²) in [6.45, 7) is 2.28. The Balaban J connectivity index is 2.18. The van der Waals surface area contributed by atoms with E-state index < -0.39 is 0 Å². The molecule has 0 aromatic heterocycles. The maximum Gasteiger partial charge on any atom is 0.00219 e. The lowest BCUT2D eigenvalue weighted by Gasteiger charge is -2.44. The second kappa shape index (κ2) is 1.03. The Bertz CT molecular complexity index is 243. The van der Waals surface area contributed by atoms with Gasteiger partial charge in [-0.15, -0.1) is 0 Å². The second-order valence-electron chi connectivity index (χ2n) is 3.56. The van der Waals surface area contributed by atoms with Gasteiger partial charge in [-0.25, -0.2) is 0 Å². The largest absolute Gasteiger partial charge is 0.0658 e. The van der Waals surface area contributed by atoms with Crippen molar-refractivity contribution in [3.05, 3.63) is 22.8 Å². The van der Waals surface area contributed by atoms with Gasteiger partial charge in [0.05, 0.1) is 0 Å². The average molecular weight is 118 g/mol. The summed E-state index contributed by atoms with van der Waals surface area (Å²) < 4.78 is 0. The number of rotatable bonds is 0. The molecule has 9 heavy (non-hydrogen) atoms. The molecule has 0 heteroatoms. The Labute approximate surface area is 55.3 Å². The molecule has 3 aliphatic carbocycles. The van der Waals surface area contributed by atoms with Crippen LogP contribution in [0.3, 0.4) is 0 Å². The highest BCUT2D eigenvalue weighted by atomic mass is 14.5. The topological polar surface area (TPSA) is 0 Å². The van der Waals surface area contributed by atoms with Crippen LogP contribution in [-0.2, 0) is 0 Å². The van der Waals surface area contributed by atoms with Crippen molar-refractivity contribution in [2.24, 2.45) is 11.8 Å². The SMILES string of the molecule is CC1=CC2=C3C(C2)CC13. The fourth-order valence-electron chi connectivity index (χ4n) is 2.54. The predicted molar refractivity (Wildman–Crippen MR) is 37.0 cm³/mol. The van der Waals surface area contributed by atoms with E-state index in [-0.39, 0.29) is 0 Å². The minimum absolute atomic E-state index is 0.929. The molecule has 3 aliphatic rings. The fourth-order valence-corrected chi connectivity index (χ4v) is 2.54. The van der Waals surface area contributed by atoms with E-state index in [0.29, 0.717) is 0 Å². The molecular weight excluding hydrogens is 108 g/mol. The van der Waals surface area contributed by atoms with Gasteiger partial charge < -0.3 is 0 Å². The van der Waals surface area contributed by atoms with Crippen LogP contribution in [-0.4, -0.2) is 0 Å². The number of hydrogen-bond donors (Lipinski definition) is 0. The fraction of sp³-hybridized carbons (Fsp3) is 0.556. The summed E-state index contributed by atoms with van der Waals surface area (Å²) in [7, 11) is 0. The van der Waals surface area contributed by atoms with Crippen molar-refractivity contribution in [2.45, 2.75) is 19.8 Å². The van der Waals surface area contributed by atoms with Crippen molar-refractivity contribution in [2.75, 3.05) is 0 Å². The maximum atomic E-state index is 2.41. The molecule has 0 N–H and O–H groups in total. The Morgan fingerprint density at radius 1 is 1.56 bits per heavy atom. The maximum absolute atomic E-state index is 2.41. The lowest BCUT2D eigenvalue weighted by Crippen LogP contribution is -2.33. The summed E-state index contributed by atoms with van der Waals surface area (Å²) in [4.78, 5) is 0. The molecule has 0 nitrogen and oxygen atoms in total. The van der Waals surface area contributed by atoms with Gasteiger partial charge in [0.1, 0.15) is 0 Å². The first-order chi connectivity index (χ1) is 4.36. The van der Waals surface area contributed by atoms with Crippen molar-refractivity contribution in [3.8, 4) is 0 Å². The van der Waals surface area contributed by atoms with Gasteiger partial charge in [-0.05, 0) is 31.3 Å². The summed E-state index contributed by atoms with van der Waals surface area (Å²) in [5, 5.41) is 0. The minimum atomic E-state index is 0.929. The van der Waals surface area contributed by atoms with Crippen LogP contribution < -0.4 is 0 Å². The van der Waals surface area contributed by atoms with Crippen LogP contribution in [0.4, 0.5) is 0 Å². The van der Waals surface area contributed by atoms with Crippen LogP contribution in [0, 0.1) is 11.8 Å². The lowest BCUT2D eigenvalue weighted by molar-refractivity contribution is 0.316. The zero-order valence-electron chi connectivity index (χ0n) is 5.65. The Morgan fingerprint density at radius 3 is 3.00 bits per heavy atom. The molecule has 0 heterocycles. The highest BCUT2D eigenvalue weighted by Crippen LogP contribution is 2.60. The first-order valence-electron chi connectivity index (χ1n) is 3.77. The summed E-state index contributed by atoms with van der Waals surface area (Å²) in [6.07, 6.45) is 5.29. The van der Waals surface area contributed by atoms with Gasteiger partial charge in [0.15, 0.2) is 0 Å². The third kappa shape index (κ3) is 0.297. The van der Waals surface area contributed by atoms with Gasteiger partial charge in [-0.1, -0.05) is 17.2 Å². The van der Waals surface area contributed by atoms with Crippen molar-refractivity contribution in [1.29, 1.82) is 0 Å². The summed E-state index contributed by atoms with van der Waals surface area (Å²) in [5.41, 5.74) is 5.13. The summed E-state index contributed by atoms with van der Waals surface area (Å²) >= 11 is 0. The highest BCUT2D eigenvalue weighted by molar-refractivity contribution is 5.54. The molecule has 3 rings (SSSR count). The third-order valence-electron chi connectivity index (χ3n) is 3.12. The van der Waals surface area contributed by atoms with Gasteiger partial charge >= 0.3 is 0 Å². The molecule has 0 aromatic carbocycles. The van der Waals surface area contributed by atoms with Crippen LogP contribution in [0.15, 0.2) is 22.8 Å². The van der Waals surface area contributed by atoms with Crippen molar-refractivity contribution in [1.82, 2.24) is 0 Å². The zero-order chi connectivity index (χ0) is 6.01. The Hall–Kier alpha value is -0.520. The highest BCUT2D eigenvalue weighted by Gasteiger charge is 2.47. The van der Waals surface area contributed by atoms with Crippen LogP contribution in [0.25, 0.3) is 0 Å². The van der Waals surface area contributed by atoms with Crippen LogP contribution in [0.1, 0.15) is 19.8 Å². The molecule has 46 valence electrons. The smallest absolute Gasteiger partial charge is 0.00219 e. The quantitative estimate of drug-likeness (QED) is 0.457. The van der Waals surface area contributed by atoms with E-state index in [2.05, 4.69) is 13.0 Å². The van der Waals surface area contributed by atoms with Gasteiger partial charge in [0.2, 0.25) is 0 Å². The molecular formula is C9H10. The average Bonchev–Trinajstić information content (AvgIpc) is 2.01. The molecule has 0 saturated heterocycles. The van der Waals surface area contributed by atoms with E-state index in [0.717, 1.165) is 11.8 Å². The van der Waals surface area contributed by atoms with Gasteiger partial charge in [0, 0.05) is 5.92 Å². The first-order valence-corrected chi connectivity index (χ1v) is 3.77. The van der Waals surface area contributed by atoms with Crippen LogP contribution in [0.5, 0.6) is 0 Å². The first kappa shape index (κ1) is 4.32. The number of hydrogen-bond acceptors (Lipinski definition) is 0. The second-order valence-corrected chi connectivity index (χ2v) is 3.56. The molecule has 0 aromatic rings. The van der Waals surface area contributed by atoms with E-state index in [1.54, 1.807) is 11.1 Å². The zero-order valence-corrected chi connectivity index (χ0v) is 5.65. The Kier molecular flexibility index (Phi) is 0.493. The molecule has 0 amide bonds. The van der Waals surface area contributed by atoms with Crippen molar-refractivity contribution < 1.29 is 0 Å². The summed E-state index contributed by atoms with van der Waals surface area (Å²) in [5.74, 6) is 1.97. The molecule has 0 bridgehead atoms. The van der Waals surface area contributed by atoms with Crippen molar-refractivity contribution in [3.63, 3.8) is 0 Å². The molecule has 0 aliphatic heterocycles. The molecule has 2 unspecified atom stereocenters. The predicted octanol–water partition coefficient (Wildman–Crippen LogP) is 2.28. The lowest BCUT2D eigenvalue weighted by atomic mass is 9.60. The standard InChI is InChI=1S/C9H10/c1-5-2-6-3-7-4-8(5)9(6)7/h2,7-8H,3-4H2,1H3.